The van der Waals surface area contributed by atoms with Crippen molar-refractivity contribution in [2.75, 3.05) is 18.4 Å². The molecule has 0 unspecified atom stereocenters. The van der Waals surface area contributed by atoms with Gasteiger partial charge in [0.15, 0.2) is 0 Å². The lowest BCUT2D eigenvalue weighted by Crippen LogP contribution is -2.42. The summed E-state index contributed by atoms with van der Waals surface area (Å²) in [6, 6.07) is 0. The van der Waals surface area contributed by atoms with Gasteiger partial charge >= 0.3 is 0 Å². The van der Waals surface area contributed by atoms with E-state index in [1.807, 2.05) is 4.90 Å². The lowest BCUT2D eigenvalue weighted by molar-refractivity contribution is -0.135. The molecule has 7 heteroatoms. The Morgan fingerprint density at radius 3 is 2.67 bits per heavy atom. The number of carbonyl (C=O) groups excluding carboxylic acids is 2. The molecule has 3 fully saturated rings. The first-order valence-electron chi connectivity index (χ1n) is 9.04. The molecule has 1 saturated heterocycles. The van der Waals surface area contributed by atoms with E-state index in [1.54, 1.807) is 5.51 Å². The van der Waals surface area contributed by atoms with E-state index in [0.29, 0.717) is 30.0 Å². The summed E-state index contributed by atoms with van der Waals surface area (Å²) < 4.78 is 0. The van der Waals surface area contributed by atoms with Crippen LogP contribution in [-0.2, 0) is 9.59 Å². The van der Waals surface area contributed by atoms with Crippen LogP contribution in [0.3, 0.4) is 0 Å². The van der Waals surface area contributed by atoms with Crippen LogP contribution >= 0.6 is 11.3 Å². The number of rotatable bonds is 4. The van der Waals surface area contributed by atoms with Crippen molar-refractivity contribution in [2.45, 2.75) is 44.9 Å². The zero-order chi connectivity index (χ0) is 16.5. The molecular formula is C17H24N4O2S. The molecule has 2 heterocycles. The van der Waals surface area contributed by atoms with E-state index in [4.69, 9.17) is 0 Å². The predicted octanol–water partition coefficient (Wildman–Crippen LogP) is 2.54. The smallest absolute Gasteiger partial charge is 0.229 e. The third-order valence-electron chi connectivity index (χ3n) is 6.13. The molecule has 1 aromatic heterocycles. The summed E-state index contributed by atoms with van der Waals surface area (Å²) >= 11 is 1.33. The Labute approximate surface area is 146 Å². The summed E-state index contributed by atoms with van der Waals surface area (Å²) in [5.41, 5.74) is 1.60. The van der Waals surface area contributed by atoms with Crippen LogP contribution in [0.2, 0.25) is 0 Å². The number of hydrogen-bond donors (Lipinski definition) is 1. The SMILES string of the molecule is O=C(Nc1nncs1)C1CCN(C(=O)C[C@H]2C[C@H]3CC[C@H]2C3)CC1. The number of nitrogens with zero attached hydrogens (tertiary/aromatic N) is 3. The quantitative estimate of drug-likeness (QED) is 0.907. The van der Waals surface area contributed by atoms with Crippen molar-refractivity contribution in [2.24, 2.45) is 23.7 Å². The van der Waals surface area contributed by atoms with Crippen LogP contribution in [0.1, 0.15) is 44.9 Å². The van der Waals surface area contributed by atoms with E-state index in [2.05, 4.69) is 15.5 Å². The van der Waals surface area contributed by atoms with E-state index >= 15 is 0 Å². The molecule has 2 bridgehead atoms. The fourth-order valence-corrected chi connectivity index (χ4v) is 5.25. The molecule has 2 aliphatic carbocycles. The highest BCUT2D eigenvalue weighted by Crippen LogP contribution is 2.49. The minimum absolute atomic E-state index is 0.00644. The molecule has 130 valence electrons. The van der Waals surface area contributed by atoms with E-state index in [-0.39, 0.29) is 11.8 Å². The summed E-state index contributed by atoms with van der Waals surface area (Å²) in [6.45, 7) is 1.40. The van der Waals surface area contributed by atoms with Crippen molar-refractivity contribution in [3.05, 3.63) is 5.51 Å². The summed E-state index contributed by atoms with van der Waals surface area (Å²) in [4.78, 5) is 26.8. The molecule has 1 N–H and O–H groups in total. The number of amides is 2. The second-order valence-corrected chi connectivity index (χ2v) is 8.36. The van der Waals surface area contributed by atoms with Gasteiger partial charge in [-0.05, 0) is 49.9 Å². The number of piperidine rings is 1. The number of fused-ring (bicyclic) bond motifs is 2. The average molecular weight is 348 g/mol. The van der Waals surface area contributed by atoms with Crippen LogP contribution in [0, 0.1) is 23.7 Å². The molecule has 4 rings (SSSR count). The number of likely N-dealkylation sites (tertiary alicyclic amines) is 1. The molecule has 3 aliphatic rings. The second-order valence-electron chi connectivity index (χ2n) is 7.53. The van der Waals surface area contributed by atoms with Crippen LogP contribution in [0.5, 0.6) is 0 Å². The molecule has 0 aromatic carbocycles. The molecule has 6 nitrogen and oxygen atoms in total. The number of hydrogen-bond acceptors (Lipinski definition) is 5. The molecule has 24 heavy (non-hydrogen) atoms. The Hall–Kier alpha value is -1.50. The fourth-order valence-electron chi connectivity index (χ4n) is 4.81. The van der Waals surface area contributed by atoms with Crippen LogP contribution < -0.4 is 5.32 Å². The Balaban J connectivity index is 1.23. The van der Waals surface area contributed by atoms with E-state index < -0.39 is 0 Å². The highest BCUT2D eigenvalue weighted by molar-refractivity contribution is 7.13. The zero-order valence-corrected chi connectivity index (χ0v) is 14.6. The highest BCUT2D eigenvalue weighted by Gasteiger charge is 2.41. The van der Waals surface area contributed by atoms with Gasteiger partial charge in [-0.15, -0.1) is 10.2 Å². The summed E-state index contributed by atoms with van der Waals surface area (Å²) in [7, 11) is 0. The molecule has 0 radical (unpaired) electrons. The zero-order valence-electron chi connectivity index (χ0n) is 13.8. The molecular weight excluding hydrogens is 324 g/mol. The van der Waals surface area contributed by atoms with Gasteiger partial charge in [0, 0.05) is 25.4 Å². The van der Waals surface area contributed by atoms with Crippen molar-refractivity contribution in [1.29, 1.82) is 0 Å². The van der Waals surface area contributed by atoms with E-state index in [9.17, 15) is 9.59 Å². The molecule has 3 atom stereocenters. The lowest BCUT2D eigenvalue weighted by Gasteiger charge is -2.32. The van der Waals surface area contributed by atoms with Gasteiger partial charge in [0.2, 0.25) is 16.9 Å². The van der Waals surface area contributed by atoms with Gasteiger partial charge in [-0.2, -0.15) is 0 Å². The minimum Gasteiger partial charge on any atom is -0.343 e. The maximum atomic E-state index is 12.6. The Morgan fingerprint density at radius 1 is 1.21 bits per heavy atom. The highest BCUT2D eigenvalue weighted by atomic mass is 32.1. The van der Waals surface area contributed by atoms with Crippen LogP contribution in [-0.4, -0.2) is 40.0 Å². The first kappa shape index (κ1) is 16.0. The number of anilines is 1. The molecule has 2 saturated carbocycles. The van der Waals surface area contributed by atoms with Crippen molar-refractivity contribution >= 4 is 28.3 Å². The molecule has 1 aliphatic heterocycles. The van der Waals surface area contributed by atoms with Crippen molar-refractivity contribution < 1.29 is 9.59 Å². The minimum atomic E-state index is -0.0274. The van der Waals surface area contributed by atoms with Gasteiger partial charge in [-0.1, -0.05) is 17.8 Å². The normalized spacial score (nSPS) is 29.8. The van der Waals surface area contributed by atoms with Gasteiger partial charge in [0.25, 0.3) is 0 Å². The maximum Gasteiger partial charge on any atom is 0.229 e. The number of aromatic nitrogens is 2. The summed E-state index contributed by atoms with van der Waals surface area (Å²) in [5, 5.41) is 10.9. The lowest BCUT2D eigenvalue weighted by atomic mass is 9.85. The number of nitrogens with one attached hydrogen (secondary N) is 1. The van der Waals surface area contributed by atoms with Gasteiger partial charge in [-0.25, -0.2) is 0 Å². The Bertz CT molecular complexity index is 598. The van der Waals surface area contributed by atoms with E-state index in [1.165, 1.54) is 37.0 Å². The third kappa shape index (κ3) is 3.31. The molecule has 0 spiro atoms. The van der Waals surface area contributed by atoms with Crippen molar-refractivity contribution in [3.63, 3.8) is 0 Å². The van der Waals surface area contributed by atoms with Crippen LogP contribution in [0.4, 0.5) is 5.13 Å². The van der Waals surface area contributed by atoms with Gasteiger partial charge in [0.05, 0.1) is 0 Å². The third-order valence-corrected chi connectivity index (χ3v) is 6.74. The first-order valence-corrected chi connectivity index (χ1v) is 9.92. The molecule has 1 aromatic rings. The van der Waals surface area contributed by atoms with Crippen molar-refractivity contribution in [1.82, 2.24) is 15.1 Å². The van der Waals surface area contributed by atoms with Crippen molar-refractivity contribution in [3.8, 4) is 0 Å². The monoisotopic (exact) mass is 348 g/mol. The Morgan fingerprint density at radius 2 is 2.04 bits per heavy atom. The topological polar surface area (TPSA) is 75.2 Å². The second kappa shape index (κ2) is 6.78. The maximum absolute atomic E-state index is 12.6. The average Bonchev–Trinajstić information content (AvgIpc) is 3.33. The standard InChI is InChI=1S/C17H24N4O2S/c22-15(9-14-8-11-1-2-13(14)7-11)21-5-3-12(4-6-21)16(23)19-17-20-18-10-24-17/h10-14H,1-9H2,(H,19,20,23)/t11-,13-,14+/m0/s1. The van der Waals surface area contributed by atoms with Gasteiger partial charge in [0.1, 0.15) is 5.51 Å². The summed E-state index contributed by atoms with van der Waals surface area (Å²) in [5.74, 6) is 2.59. The van der Waals surface area contributed by atoms with Crippen LogP contribution in [0.25, 0.3) is 0 Å². The summed E-state index contributed by atoms with van der Waals surface area (Å²) in [6.07, 6.45) is 7.53. The van der Waals surface area contributed by atoms with E-state index in [0.717, 1.165) is 31.1 Å². The Kier molecular flexibility index (Phi) is 4.52. The number of carbonyl (C=O) groups is 2. The first-order chi connectivity index (χ1) is 11.7. The van der Waals surface area contributed by atoms with Crippen LogP contribution in [0.15, 0.2) is 5.51 Å². The van der Waals surface area contributed by atoms with Gasteiger partial charge < -0.3 is 10.2 Å². The largest absolute Gasteiger partial charge is 0.343 e. The predicted molar refractivity (Wildman–Crippen MR) is 91.4 cm³/mol. The molecule has 2 amide bonds. The fraction of sp³-hybridized carbons (Fsp3) is 0.765. The van der Waals surface area contributed by atoms with Gasteiger partial charge in [-0.3, -0.25) is 9.59 Å².